The van der Waals surface area contributed by atoms with E-state index in [2.05, 4.69) is 32.3 Å². The first-order valence-corrected chi connectivity index (χ1v) is 4.58. The maximum atomic E-state index is 6.10. The van der Waals surface area contributed by atoms with Crippen molar-refractivity contribution >= 4 is 6.21 Å². The van der Waals surface area contributed by atoms with Gasteiger partial charge in [-0.3, -0.25) is 4.99 Å². The molecule has 0 fully saturated rings. The first-order chi connectivity index (χ1) is 5.99. The highest BCUT2D eigenvalue weighted by molar-refractivity contribution is 5.83. The third-order valence-corrected chi connectivity index (χ3v) is 2.71. The Morgan fingerprint density at radius 1 is 1.62 bits per heavy atom. The van der Waals surface area contributed by atoms with Crippen LogP contribution in [-0.2, 0) is 0 Å². The summed E-state index contributed by atoms with van der Waals surface area (Å²) in [5.41, 5.74) is 8.80. The van der Waals surface area contributed by atoms with Gasteiger partial charge in [-0.1, -0.05) is 26.0 Å². The fraction of sp³-hybridized carbons (Fsp3) is 0.545. The molecule has 0 heterocycles. The second kappa shape index (κ2) is 3.46. The third kappa shape index (κ3) is 1.89. The SMILES string of the molecule is C=CN=CC1=C(C)CC(C)(C)[C@@H]1N. The average molecular weight is 178 g/mol. The largest absolute Gasteiger partial charge is 0.323 e. The van der Waals surface area contributed by atoms with Crippen molar-refractivity contribution < 1.29 is 0 Å². The molecule has 1 rings (SSSR count). The molecule has 0 spiro atoms. The van der Waals surface area contributed by atoms with E-state index in [0.29, 0.717) is 0 Å². The molecule has 0 aliphatic heterocycles. The van der Waals surface area contributed by atoms with Gasteiger partial charge in [0.15, 0.2) is 0 Å². The Balaban J connectivity index is 2.90. The lowest BCUT2D eigenvalue weighted by molar-refractivity contribution is 0.344. The Bertz CT molecular complexity index is 272. The Morgan fingerprint density at radius 2 is 2.23 bits per heavy atom. The zero-order valence-electron chi connectivity index (χ0n) is 8.67. The van der Waals surface area contributed by atoms with Crippen LogP contribution in [0.1, 0.15) is 27.2 Å². The van der Waals surface area contributed by atoms with Gasteiger partial charge in [-0.2, -0.15) is 0 Å². The minimum atomic E-state index is 0.108. The Morgan fingerprint density at radius 3 is 2.62 bits per heavy atom. The van der Waals surface area contributed by atoms with Crippen LogP contribution >= 0.6 is 0 Å². The highest BCUT2D eigenvalue weighted by atomic mass is 14.7. The van der Waals surface area contributed by atoms with E-state index in [1.807, 2.05) is 6.21 Å². The molecule has 2 heteroatoms. The van der Waals surface area contributed by atoms with Gasteiger partial charge in [0.05, 0.1) is 0 Å². The predicted octanol–water partition coefficient (Wildman–Crippen LogP) is 2.27. The monoisotopic (exact) mass is 178 g/mol. The summed E-state index contributed by atoms with van der Waals surface area (Å²) in [6, 6.07) is 0.108. The molecular weight excluding hydrogens is 160 g/mol. The van der Waals surface area contributed by atoms with Crippen molar-refractivity contribution in [1.82, 2.24) is 0 Å². The number of nitrogens with two attached hydrogens (primary N) is 1. The quantitative estimate of drug-likeness (QED) is 0.647. The van der Waals surface area contributed by atoms with Gasteiger partial charge in [-0.25, -0.2) is 0 Å². The summed E-state index contributed by atoms with van der Waals surface area (Å²) in [6.45, 7) is 10.1. The van der Waals surface area contributed by atoms with Crippen LogP contribution in [0.2, 0.25) is 0 Å². The van der Waals surface area contributed by atoms with Crippen molar-refractivity contribution in [3.05, 3.63) is 23.9 Å². The van der Waals surface area contributed by atoms with Crippen molar-refractivity contribution in [3.8, 4) is 0 Å². The van der Waals surface area contributed by atoms with Crippen LogP contribution in [0.4, 0.5) is 0 Å². The molecule has 0 aromatic rings. The van der Waals surface area contributed by atoms with Crippen molar-refractivity contribution in [2.45, 2.75) is 33.2 Å². The van der Waals surface area contributed by atoms with Crippen LogP contribution in [0.15, 0.2) is 28.9 Å². The Labute approximate surface area is 80.2 Å². The van der Waals surface area contributed by atoms with Crippen LogP contribution in [0.3, 0.4) is 0 Å². The lowest BCUT2D eigenvalue weighted by Crippen LogP contribution is -2.35. The molecule has 0 unspecified atom stereocenters. The number of nitrogens with zero attached hydrogens (tertiary/aromatic N) is 1. The molecule has 0 aromatic carbocycles. The summed E-state index contributed by atoms with van der Waals surface area (Å²) in [5.74, 6) is 0. The first-order valence-electron chi connectivity index (χ1n) is 4.58. The van der Waals surface area contributed by atoms with Crippen molar-refractivity contribution in [1.29, 1.82) is 0 Å². The molecule has 1 atom stereocenters. The van der Waals surface area contributed by atoms with Gasteiger partial charge in [0.2, 0.25) is 0 Å². The summed E-state index contributed by atoms with van der Waals surface area (Å²) in [4.78, 5) is 4.02. The summed E-state index contributed by atoms with van der Waals surface area (Å²) >= 11 is 0. The van der Waals surface area contributed by atoms with Crippen LogP contribution in [0, 0.1) is 5.41 Å². The van der Waals surface area contributed by atoms with Gasteiger partial charge in [-0.05, 0) is 24.3 Å². The fourth-order valence-corrected chi connectivity index (χ4v) is 1.91. The van der Waals surface area contributed by atoms with E-state index in [4.69, 9.17) is 5.73 Å². The highest BCUT2D eigenvalue weighted by Gasteiger charge is 2.35. The molecular formula is C11H18N2. The predicted molar refractivity (Wildman–Crippen MR) is 57.8 cm³/mol. The molecule has 72 valence electrons. The van der Waals surface area contributed by atoms with Gasteiger partial charge in [0.1, 0.15) is 0 Å². The van der Waals surface area contributed by atoms with Gasteiger partial charge < -0.3 is 5.73 Å². The summed E-state index contributed by atoms with van der Waals surface area (Å²) < 4.78 is 0. The number of hydrogen-bond acceptors (Lipinski definition) is 2. The first kappa shape index (κ1) is 10.2. The van der Waals surface area contributed by atoms with Crippen LogP contribution in [0.25, 0.3) is 0 Å². The summed E-state index contributed by atoms with van der Waals surface area (Å²) in [7, 11) is 0. The smallest absolute Gasteiger partial charge is 0.0364 e. The zero-order chi connectivity index (χ0) is 10.1. The van der Waals surface area contributed by atoms with Crippen molar-refractivity contribution in [2.75, 3.05) is 0 Å². The van der Waals surface area contributed by atoms with Gasteiger partial charge in [0, 0.05) is 18.5 Å². The lowest BCUT2D eigenvalue weighted by atomic mass is 9.85. The molecule has 0 radical (unpaired) electrons. The zero-order valence-corrected chi connectivity index (χ0v) is 8.67. The van der Waals surface area contributed by atoms with E-state index in [1.54, 1.807) is 6.20 Å². The van der Waals surface area contributed by atoms with Gasteiger partial charge in [-0.15, -0.1) is 0 Å². The molecule has 0 saturated carbocycles. The molecule has 2 N–H and O–H groups in total. The molecule has 0 amide bonds. The van der Waals surface area contributed by atoms with Crippen molar-refractivity contribution in [3.63, 3.8) is 0 Å². The molecule has 1 aliphatic rings. The standard InChI is InChI=1S/C11H18N2/c1-5-13-7-9-8(2)6-11(3,4)10(9)12/h5,7,10H,1,6,12H2,2-4H3/t10-/m1/s1. The summed E-state index contributed by atoms with van der Waals surface area (Å²) in [6.07, 6.45) is 4.44. The van der Waals surface area contributed by atoms with E-state index < -0.39 is 0 Å². The van der Waals surface area contributed by atoms with E-state index in [9.17, 15) is 0 Å². The molecule has 0 bridgehead atoms. The molecule has 0 aromatic heterocycles. The molecule has 1 aliphatic carbocycles. The number of hydrogen-bond donors (Lipinski definition) is 1. The normalized spacial score (nSPS) is 27.2. The Kier molecular flexibility index (Phi) is 2.71. The maximum absolute atomic E-state index is 6.10. The van der Waals surface area contributed by atoms with E-state index in [1.165, 1.54) is 11.1 Å². The maximum Gasteiger partial charge on any atom is 0.0364 e. The highest BCUT2D eigenvalue weighted by Crippen LogP contribution is 2.39. The topological polar surface area (TPSA) is 38.4 Å². The van der Waals surface area contributed by atoms with Crippen LogP contribution in [-0.4, -0.2) is 12.3 Å². The number of allylic oxidation sites excluding steroid dienone is 1. The third-order valence-electron chi connectivity index (χ3n) is 2.71. The van der Waals surface area contributed by atoms with Crippen molar-refractivity contribution in [2.24, 2.45) is 16.1 Å². The minimum Gasteiger partial charge on any atom is -0.323 e. The average Bonchev–Trinajstić information content (AvgIpc) is 2.21. The minimum absolute atomic E-state index is 0.108. The Hall–Kier alpha value is -0.890. The second-order valence-corrected chi connectivity index (χ2v) is 4.34. The fourth-order valence-electron chi connectivity index (χ4n) is 1.91. The van der Waals surface area contributed by atoms with Gasteiger partial charge >= 0.3 is 0 Å². The molecule has 13 heavy (non-hydrogen) atoms. The number of aliphatic imine (C=N–C) groups is 1. The van der Waals surface area contributed by atoms with E-state index in [-0.39, 0.29) is 11.5 Å². The van der Waals surface area contributed by atoms with E-state index >= 15 is 0 Å². The van der Waals surface area contributed by atoms with Crippen LogP contribution in [0.5, 0.6) is 0 Å². The summed E-state index contributed by atoms with van der Waals surface area (Å²) in [5, 5.41) is 0. The van der Waals surface area contributed by atoms with Gasteiger partial charge in [0.25, 0.3) is 0 Å². The van der Waals surface area contributed by atoms with Crippen LogP contribution < -0.4 is 5.73 Å². The molecule has 2 nitrogen and oxygen atoms in total. The second-order valence-electron chi connectivity index (χ2n) is 4.34. The van der Waals surface area contributed by atoms with E-state index in [0.717, 1.165) is 6.42 Å². The number of rotatable bonds is 2. The lowest BCUT2D eigenvalue weighted by Gasteiger charge is -2.24. The molecule has 0 saturated heterocycles.